The number of pyridine rings is 1. The molecule has 0 saturated carbocycles. The third kappa shape index (κ3) is 2.81. The number of fused-ring (bicyclic) bond motifs is 1. The largest absolute Gasteiger partial charge is 0.365 e. The highest BCUT2D eigenvalue weighted by molar-refractivity contribution is 5.92. The number of benzene rings is 1. The van der Waals surface area contributed by atoms with Crippen molar-refractivity contribution in [2.24, 2.45) is 0 Å². The summed E-state index contributed by atoms with van der Waals surface area (Å²) in [6, 6.07) is 14.4. The molecule has 0 unspecified atom stereocenters. The van der Waals surface area contributed by atoms with Gasteiger partial charge in [-0.2, -0.15) is 0 Å². The van der Waals surface area contributed by atoms with E-state index in [1.54, 1.807) is 6.33 Å². The minimum atomic E-state index is 0.722. The van der Waals surface area contributed by atoms with Crippen LogP contribution in [0.15, 0.2) is 55.0 Å². The first-order chi connectivity index (χ1) is 12.6. The van der Waals surface area contributed by atoms with E-state index in [2.05, 4.69) is 63.8 Å². The summed E-state index contributed by atoms with van der Waals surface area (Å²) in [6.45, 7) is 7.00. The minimum Gasteiger partial charge on any atom is -0.365 e. The first-order valence-electron chi connectivity index (χ1n) is 8.68. The number of hydrogen-bond donors (Lipinski definition) is 1. The summed E-state index contributed by atoms with van der Waals surface area (Å²) < 4.78 is 2.10. The Balaban J connectivity index is 1.81. The van der Waals surface area contributed by atoms with Gasteiger partial charge in [-0.3, -0.25) is 4.57 Å². The van der Waals surface area contributed by atoms with Gasteiger partial charge in [-0.05, 0) is 49.6 Å². The van der Waals surface area contributed by atoms with Crippen molar-refractivity contribution in [1.29, 1.82) is 0 Å². The lowest BCUT2D eigenvalue weighted by Gasteiger charge is -2.09. The van der Waals surface area contributed by atoms with Crippen LogP contribution in [0.1, 0.15) is 22.4 Å². The second-order valence-electron chi connectivity index (χ2n) is 6.50. The van der Waals surface area contributed by atoms with Crippen LogP contribution in [0.25, 0.3) is 16.9 Å². The van der Waals surface area contributed by atoms with Gasteiger partial charge in [-0.1, -0.05) is 30.3 Å². The molecule has 0 aliphatic rings. The molecule has 1 N–H and O–H groups in total. The van der Waals surface area contributed by atoms with Crippen molar-refractivity contribution in [3.05, 3.63) is 77.4 Å². The highest BCUT2D eigenvalue weighted by Gasteiger charge is 2.18. The van der Waals surface area contributed by atoms with Gasteiger partial charge in [0.15, 0.2) is 5.65 Å². The summed E-state index contributed by atoms with van der Waals surface area (Å²) in [5.41, 5.74) is 5.56. The fourth-order valence-corrected chi connectivity index (χ4v) is 3.24. The smallest absolute Gasteiger partial charge is 0.151 e. The minimum absolute atomic E-state index is 0.722. The molecule has 130 valence electrons. The highest BCUT2D eigenvalue weighted by Crippen LogP contribution is 2.31. The molecule has 26 heavy (non-hydrogen) atoms. The summed E-state index contributed by atoms with van der Waals surface area (Å²) in [5.74, 6) is 1.74. The Bertz CT molecular complexity index is 1070. The molecule has 4 rings (SSSR count). The molecule has 0 aliphatic carbocycles. The molecule has 1 aromatic carbocycles. The Labute approximate surface area is 152 Å². The second kappa shape index (κ2) is 6.59. The van der Waals surface area contributed by atoms with E-state index in [0.29, 0.717) is 0 Å². The number of hydrogen-bond acceptors (Lipinski definition) is 4. The van der Waals surface area contributed by atoms with E-state index in [1.165, 1.54) is 16.7 Å². The van der Waals surface area contributed by atoms with Gasteiger partial charge < -0.3 is 5.32 Å². The fraction of sp³-hybridized carbons (Fsp3) is 0.190. The topological polar surface area (TPSA) is 55.6 Å². The lowest BCUT2D eigenvalue weighted by molar-refractivity contribution is 0.961. The van der Waals surface area contributed by atoms with Crippen LogP contribution in [0.5, 0.6) is 0 Å². The molecule has 0 radical (unpaired) electrons. The molecule has 0 spiro atoms. The van der Waals surface area contributed by atoms with E-state index >= 15 is 0 Å². The van der Waals surface area contributed by atoms with Crippen molar-refractivity contribution >= 4 is 16.9 Å². The number of nitrogens with one attached hydrogen (secondary N) is 1. The van der Waals surface area contributed by atoms with Gasteiger partial charge in [0.05, 0.1) is 5.39 Å². The van der Waals surface area contributed by atoms with E-state index in [4.69, 9.17) is 0 Å². The van der Waals surface area contributed by atoms with E-state index in [-0.39, 0.29) is 0 Å². The molecule has 0 saturated heterocycles. The van der Waals surface area contributed by atoms with Crippen LogP contribution < -0.4 is 5.32 Å². The monoisotopic (exact) mass is 343 g/mol. The van der Waals surface area contributed by atoms with Gasteiger partial charge in [-0.25, -0.2) is 15.0 Å². The molecule has 0 amide bonds. The fourth-order valence-electron chi connectivity index (χ4n) is 3.24. The third-order valence-electron chi connectivity index (χ3n) is 4.73. The Morgan fingerprint density at radius 1 is 0.962 bits per heavy atom. The number of anilines is 1. The van der Waals surface area contributed by atoms with Crippen LogP contribution in [0.3, 0.4) is 0 Å². The predicted octanol–water partition coefficient (Wildman–Crippen LogP) is 4.35. The van der Waals surface area contributed by atoms with E-state index in [0.717, 1.165) is 34.9 Å². The predicted molar refractivity (Wildman–Crippen MR) is 105 cm³/mol. The molecular weight excluding hydrogens is 322 g/mol. The van der Waals surface area contributed by atoms with Crippen LogP contribution in [-0.4, -0.2) is 19.5 Å². The normalized spacial score (nSPS) is 11.0. The highest BCUT2D eigenvalue weighted by atomic mass is 15.1. The number of rotatable bonds is 4. The van der Waals surface area contributed by atoms with E-state index < -0.39 is 0 Å². The molecule has 4 aromatic rings. The average Bonchev–Trinajstić information content (AvgIpc) is 2.92. The van der Waals surface area contributed by atoms with Crippen molar-refractivity contribution in [3.63, 3.8) is 0 Å². The molecule has 5 nitrogen and oxygen atoms in total. The second-order valence-corrected chi connectivity index (χ2v) is 6.50. The number of aryl methyl sites for hydroxylation is 2. The van der Waals surface area contributed by atoms with Gasteiger partial charge in [0.1, 0.15) is 18.0 Å². The first kappa shape index (κ1) is 16.3. The zero-order valence-electron chi connectivity index (χ0n) is 15.2. The molecule has 0 bridgehead atoms. The van der Waals surface area contributed by atoms with Gasteiger partial charge in [0.2, 0.25) is 0 Å². The lowest BCUT2D eigenvalue weighted by atomic mass is 10.2. The van der Waals surface area contributed by atoms with Gasteiger partial charge >= 0.3 is 0 Å². The van der Waals surface area contributed by atoms with Crippen molar-refractivity contribution < 1.29 is 0 Å². The van der Waals surface area contributed by atoms with Gasteiger partial charge in [0, 0.05) is 18.4 Å². The van der Waals surface area contributed by atoms with Crippen molar-refractivity contribution in [3.8, 4) is 5.82 Å². The lowest BCUT2D eigenvalue weighted by Crippen LogP contribution is -2.04. The van der Waals surface area contributed by atoms with Crippen LogP contribution in [-0.2, 0) is 6.54 Å². The maximum atomic E-state index is 4.56. The molecule has 0 atom stereocenters. The quantitative estimate of drug-likeness (QED) is 0.598. The number of aromatic nitrogens is 4. The Morgan fingerprint density at radius 3 is 2.54 bits per heavy atom. The van der Waals surface area contributed by atoms with Crippen LogP contribution in [0.2, 0.25) is 0 Å². The van der Waals surface area contributed by atoms with Gasteiger partial charge in [0.25, 0.3) is 0 Å². The van der Waals surface area contributed by atoms with Crippen LogP contribution in [0.4, 0.5) is 5.82 Å². The van der Waals surface area contributed by atoms with Crippen molar-refractivity contribution in [2.45, 2.75) is 27.3 Å². The zero-order valence-corrected chi connectivity index (χ0v) is 15.2. The summed E-state index contributed by atoms with van der Waals surface area (Å²) >= 11 is 0. The Kier molecular flexibility index (Phi) is 4.13. The maximum Gasteiger partial charge on any atom is 0.151 e. The maximum absolute atomic E-state index is 4.56. The first-order valence-corrected chi connectivity index (χ1v) is 8.68. The summed E-state index contributed by atoms with van der Waals surface area (Å²) in [7, 11) is 0. The summed E-state index contributed by atoms with van der Waals surface area (Å²) in [6.07, 6.45) is 3.45. The standard InChI is InChI=1S/C21H21N5/c1-14-9-10-22-18(11-14)26-16(3)15(2)19-20(24-13-25-21(19)26)23-12-17-7-5-4-6-8-17/h4-11,13H,12H2,1-3H3,(H,23,24,25). The average molecular weight is 343 g/mol. The van der Waals surface area contributed by atoms with Crippen LogP contribution >= 0.6 is 0 Å². The van der Waals surface area contributed by atoms with Crippen LogP contribution in [0, 0.1) is 20.8 Å². The van der Waals surface area contributed by atoms with Gasteiger partial charge in [-0.15, -0.1) is 0 Å². The molecule has 3 aromatic heterocycles. The molecule has 5 heteroatoms. The molecular formula is C21H21N5. The van der Waals surface area contributed by atoms with Crippen molar-refractivity contribution in [1.82, 2.24) is 19.5 Å². The zero-order chi connectivity index (χ0) is 18.1. The number of nitrogens with zero attached hydrogens (tertiary/aromatic N) is 4. The molecule has 0 aliphatic heterocycles. The Hall–Kier alpha value is -3.21. The molecule has 0 fully saturated rings. The third-order valence-corrected chi connectivity index (χ3v) is 4.73. The van der Waals surface area contributed by atoms with E-state index in [1.807, 2.05) is 30.5 Å². The Morgan fingerprint density at radius 2 is 1.77 bits per heavy atom. The summed E-state index contributed by atoms with van der Waals surface area (Å²) in [5, 5.41) is 4.51. The van der Waals surface area contributed by atoms with Crippen molar-refractivity contribution in [2.75, 3.05) is 5.32 Å². The summed E-state index contributed by atoms with van der Waals surface area (Å²) in [4.78, 5) is 13.6. The molecule has 3 heterocycles. The van der Waals surface area contributed by atoms with E-state index in [9.17, 15) is 0 Å². The SMILES string of the molecule is Cc1ccnc(-n2c(C)c(C)c3c(NCc4ccccc4)ncnc32)c1.